The Bertz CT molecular complexity index is 1400. The first-order valence-electron chi connectivity index (χ1n) is 12.8. The molecule has 0 unspecified atom stereocenters. The summed E-state index contributed by atoms with van der Waals surface area (Å²) in [5.74, 6) is 1.40. The molecule has 38 heavy (non-hydrogen) atoms. The van der Waals surface area contributed by atoms with Crippen LogP contribution in [0.25, 0.3) is 5.69 Å². The summed E-state index contributed by atoms with van der Waals surface area (Å²) in [6, 6.07) is 24.6. The van der Waals surface area contributed by atoms with E-state index < -0.39 is 0 Å². The number of piperazine rings is 1. The van der Waals surface area contributed by atoms with Crippen LogP contribution in [-0.2, 0) is 13.0 Å². The van der Waals surface area contributed by atoms with Crippen molar-refractivity contribution in [3.63, 3.8) is 0 Å². The van der Waals surface area contributed by atoms with Gasteiger partial charge in [-0.25, -0.2) is 0 Å². The number of hydrogen-bond acceptors (Lipinski definition) is 7. The number of phenolic OH excluding ortho intramolecular Hbond substituents is 1. The molecule has 196 valence electrons. The van der Waals surface area contributed by atoms with Crippen molar-refractivity contribution in [1.29, 1.82) is 0 Å². The predicted octanol–water partition coefficient (Wildman–Crippen LogP) is 3.89. The smallest absolute Gasteiger partial charge is 0.316 e. The number of aromatic nitrogens is 2. The maximum absolute atomic E-state index is 13.6. The number of aromatic hydroxyl groups is 1. The van der Waals surface area contributed by atoms with E-state index in [0.29, 0.717) is 30.2 Å². The number of anilines is 1. The van der Waals surface area contributed by atoms with Crippen LogP contribution in [-0.4, -0.2) is 59.7 Å². The Morgan fingerprint density at radius 3 is 2.37 bits per heavy atom. The first-order valence-corrected chi connectivity index (χ1v) is 12.8. The minimum Gasteiger partial charge on any atom is -0.508 e. The van der Waals surface area contributed by atoms with Gasteiger partial charge in [-0.2, -0.15) is 9.78 Å². The van der Waals surface area contributed by atoms with Gasteiger partial charge in [-0.1, -0.05) is 42.5 Å². The van der Waals surface area contributed by atoms with Crippen molar-refractivity contribution in [2.75, 3.05) is 44.8 Å². The number of hydrogen-bond donors (Lipinski definition) is 1. The number of methoxy groups -OCH3 is 1. The summed E-state index contributed by atoms with van der Waals surface area (Å²) in [6.45, 7) is 4.26. The number of nitrogens with zero attached hydrogens (tertiary/aromatic N) is 4. The van der Waals surface area contributed by atoms with E-state index in [2.05, 4.69) is 14.9 Å². The van der Waals surface area contributed by atoms with Crippen LogP contribution in [0.2, 0.25) is 0 Å². The fraction of sp³-hybridized carbons (Fsp3) is 0.267. The maximum Gasteiger partial charge on any atom is 0.316 e. The third-order valence-electron chi connectivity index (χ3n) is 6.74. The molecule has 0 bridgehead atoms. The summed E-state index contributed by atoms with van der Waals surface area (Å²) in [7, 11) is 1.65. The highest BCUT2D eigenvalue weighted by Crippen LogP contribution is 2.26. The highest BCUT2D eigenvalue weighted by Gasteiger charge is 2.23. The molecule has 8 nitrogen and oxygen atoms in total. The molecule has 1 aliphatic rings. The lowest BCUT2D eigenvalue weighted by molar-refractivity contribution is 0.247. The fourth-order valence-electron chi connectivity index (χ4n) is 4.67. The molecule has 0 saturated carbocycles. The number of para-hydroxylation sites is 1. The van der Waals surface area contributed by atoms with E-state index in [1.54, 1.807) is 25.4 Å². The molecule has 1 aromatic heterocycles. The first-order chi connectivity index (χ1) is 18.6. The molecule has 0 spiro atoms. The zero-order chi connectivity index (χ0) is 26.3. The normalized spacial score (nSPS) is 13.9. The van der Waals surface area contributed by atoms with E-state index in [-0.39, 0.29) is 11.3 Å². The fourth-order valence-corrected chi connectivity index (χ4v) is 4.67. The Balaban J connectivity index is 1.33. The average molecular weight is 513 g/mol. The van der Waals surface area contributed by atoms with E-state index in [9.17, 15) is 9.90 Å². The van der Waals surface area contributed by atoms with Crippen molar-refractivity contribution in [2.45, 2.75) is 13.0 Å². The van der Waals surface area contributed by atoms with E-state index in [4.69, 9.17) is 9.47 Å². The zero-order valence-corrected chi connectivity index (χ0v) is 21.5. The van der Waals surface area contributed by atoms with E-state index in [0.717, 1.165) is 49.6 Å². The van der Waals surface area contributed by atoms with Crippen LogP contribution >= 0.6 is 0 Å². The van der Waals surface area contributed by atoms with Crippen LogP contribution in [0.5, 0.6) is 17.2 Å². The van der Waals surface area contributed by atoms with Gasteiger partial charge in [0.1, 0.15) is 17.2 Å². The van der Waals surface area contributed by atoms with Gasteiger partial charge in [-0.3, -0.25) is 9.69 Å². The molecule has 8 heteroatoms. The van der Waals surface area contributed by atoms with E-state index >= 15 is 0 Å². The minimum absolute atomic E-state index is 0.273. The van der Waals surface area contributed by atoms with Crippen molar-refractivity contribution in [2.24, 2.45) is 0 Å². The molecule has 0 aliphatic carbocycles. The van der Waals surface area contributed by atoms with Crippen LogP contribution in [0.1, 0.15) is 11.1 Å². The summed E-state index contributed by atoms with van der Waals surface area (Å²) in [4.78, 5) is 18.1. The number of benzene rings is 3. The Morgan fingerprint density at radius 2 is 1.66 bits per heavy atom. The molecule has 5 rings (SSSR count). The second-order valence-electron chi connectivity index (χ2n) is 9.29. The molecule has 0 radical (unpaired) electrons. The van der Waals surface area contributed by atoms with Crippen molar-refractivity contribution >= 4 is 5.69 Å². The minimum atomic E-state index is -0.273. The number of rotatable bonds is 9. The van der Waals surface area contributed by atoms with E-state index in [1.165, 1.54) is 4.68 Å². The second kappa shape index (κ2) is 11.8. The predicted molar refractivity (Wildman–Crippen MR) is 148 cm³/mol. The Kier molecular flexibility index (Phi) is 7.89. The van der Waals surface area contributed by atoms with Gasteiger partial charge in [-0.05, 0) is 47.5 Å². The van der Waals surface area contributed by atoms with Gasteiger partial charge in [0, 0.05) is 39.1 Å². The molecular formula is C30H32N4O4. The summed E-state index contributed by atoms with van der Waals surface area (Å²) >= 11 is 0. The molecule has 2 heterocycles. The lowest BCUT2D eigenvalue weighted by Gasteiger charge is -2.36. The van der Waals surface area contributed by atoms with Crippen molar-refractivity contribution in [3.05, 3.63) is 107 Å². The molecule has 0 amide bonds. The highest BCUT2D eigenvalue weighted by molar-refractivity contribution is 5.57. The van der Waals surface area contributed by atoms with Gasteiger partial charge in [-0.15, -0.1) is 0 Å². The number of ether oxygens (including phenoxy) is 2. The third-order valence-corrected chi connectivity index (χ3v) is 6.74. The Hall–Kier alpha value is -4.30. The van der Waals surface area contributed by atoms with Crippen LogP contribution in [0, 0.1) is 0 Å². The molecule has 1 fully saturated rings. The van der Waals surface area contributed by atoms with Crippen molar-refractivity contribution in [1.82, 2.24) is 14.7 Å². The highest BCUT2D eigenvalue weighted by atomic mass is 16.5. The summed E-state index contributed by atoms with van der Waals surface area (Å²) in [5.41, 5.74) is 3.32. The average Bonchev–Trinajstić information content (AvgIpc) is 2.95. The van der Waals surface area contributed by atoms with E-state index in [1.807, 2.05) is 66.7 Å². The topological polar surface area (TPSA) is 80.1 Å². The first kappa shape index (κ1) is 25.4. The molecule has 0 atom stereocenters. The molecule has 3 aromatic carbocycles. The molecule has 1 saturated heterocycles. The SMILES string of the molecule is COc1ccc(CCOc2c(N3CCN(Cc4cccc(O)c4)CC3)cnn(-c3ccccc3)c2=O)cc1. The third kappa shape index (κ3) is 5.98. The van der Waals surface area contributed by atoms with Gasteiger partial charge < -0.3 is 19.5 Å². The number of phenols is 1. The lowest BCUT2D eigenvalue weighted by atomic mass is 10.1. The molecule has 1 N–H and O–H groups in total. The lowest BCUT2D eigenvalue weighted by Crippen LogP contribution is -2.46. The standard InChI is InChI=1S/C30H32N4O4/c1-37-27-12-10-23(11-13-27)14-19-38-29-28(21-31-34(30(29)36)25-7-3-2-4-8-25)33-17-15-32(16-18-33)22-24-6-5-9-26(35)20-24/h2-13,20-21,35H,14-19,22H2,1H3. The molecule has 1 aliphatic heterocycles. The summed E-state index contributed by atoms with van der Waals surface area (Å²) < 4.78 is 12.8. The monoisotopic (exact) mass is 512 g/mol. The van der Waals surface area contributed by atoms with Gasteiger partial charge in [0.15, 0.2) is 0 Å². The largest absolute Gasteiger partial charge is 0.508 e. The zero-order valence-electron chi connectivity index (χ0n) is 21.5. The Morgan fingerprint density at radius 1 is 0.895 bits per heavy atom. The second-order valence-corrected chi connectivity index (χ2v) is 9.29. The molecule has 4 aromatic rings. The van der Waals surface area contributed by atoms with Gasteiger partial charge in [0.25, 0.3) is 0 Å². The Labute approximate surface area is 222 Å². The van der Waals surface area contributed by atoms with Gasteiger partial charge >= 0.3 is 5.56 Å². The van der Waals surface area contributed by atoms with Crippen molar-refractivity contribution in [3.8, 4) is 22.9 Å². The summed E-state index contributed by atoms with van der Waals surface area (Å²) in [5, 5.41) is 14.3. The maximum atomic E-state index is 13.6. The van der Waals surface area contributed by atoms with Gasteiger partial charge in [0.2, 0.25) is 5.75 Å². The summed E-state index contributed by atoms with van der Waals surface area (Å²) in [6.07, 6.45) is 2.40. The van der Waals surface area contributed by atoms with Gasteiger partial charge in [0.05, 0.1) is 25.6 Å². The molecular weight excluding hydrogens is 480 g/mol. The van der Waals surface area contributed by atoms with Crippen LogP contribution in [0.3, 0.4) is 0 Å². The van der Waals surface area contributed by atoms with Crippen molar-refractivity contribution < 1.29 is 14.6 Å². The van der Waals surface area contributed by atoms with Crippen LogP contribution < -0.4 is 19.9 Å². The van der Waals surface area contributed by atoms with Crippen LogP contribution in [0.4, 0.5) is 5.69 Å². The van der Waals surface area contributed by atoms with Crippen LogP contribution in [0.15, 0.2) is 89.9 Å². The quantitative estimate of drug-likeness (QED) is 0.365.